The summed E-state index contributed by atoms with van der Waals surface area (Å²) in [5, 5.41) is -0.0276. The molecule has 0 N–H and O–H groups in total. The monoisotopic (exact) mass is 220 g/mol. The number of halogens is 1. The van der Waals surface area contributed by atoms with Crippen molar-refractivity contribution in [3.05, 3.63) is 48.5 Å². The van der Waals surface area contributed by atoms with Crippen LogP contribution in [0.2, 0.25) is 0 Å². The first-order valence-electron chi connectivity index (χ1n) is 5.05. The van der Waals surface area contributed by atoms with Gasteiger partial charge in [0.1, 0.15) is 5.82 Å². The van der Waals surface area contributed by atoms with Gasteiger partial charge in [0.15, 0.2) is 0 Å². The smallest absolute Gasteiger partial charge is 0.131 e. The Hall–Kier alpha value is -1.28. The van der Waals surface area contributed by atoms with E-state index in [1.54, 1.807) is 6.20 Å². The Kier molecular flexibility index (Phi) is 3.07. The average molecular weight is 221 g/mol. The van der Waals surface area contributed by atoms with E-state index < -0.39 is 0 Å². The molecule has 1 heterocycles. The SMILES string of the molecule is CCC(Cl)c1nccn1-c1ccccc1. The molecule has 0 fully saturated rings. The molecule has 2 rings (SSSR count). The van der Waals surface area contributed by atoms with Crippen LogP contribution < -0.4 is 0 Å². The van der Waals surface area contributed by atoms with Crippen LogP contribution in [0, 0.1) is 0 Å². The molecule has 0 saturated heterocycles. The Morgan fingerprint density at radius 1 is 1.33 bits per heavy atom. The van der Waals surface area contributed by atoms with Gasteiger partial charge in [0.2, 0.25) is 0 Å². The van der Waals surface area contributed by atoms with Crippen LogP contribution in [0.4, 0.5) is 0 Å². The molecular formula is C12H13ClN2. The van der Waals surface area contributed by atoms with Gasteiger partial charge in [-0.1, -0.05) is 25.1 Å². The van der Waals surface area contributed by atoms with Crippen LogP contribution in [0.25, 0.3) is 5.69 Å². The van der Waals surface area contributed by atoms with E-state index in [1.807, 2.05) is 41.1 Å². The zero-order valence-electron chi connectivity index (χ0n) is 8.60. The number of aromatic nitrogens is 2. The minimum Gasteiger partial charge on any atom is -0.303 e. The van der Waals surface area contributed by atoms with Crippen molar-refractivity contribution in [3.63, 3.8) is 0 Å². The summed E-state index contributed by atoms with van der Waals surface area (Å²) in [6, 6.07) is 10.1. The predicted octanol–water partition coefficient (Wildman–Crippen LogP) is 3.56. The third kappa shape index (κ3) is 2.05. The maximum Gasteiger partial charge on any atom is 0.131 e. The van der Waals surface area contributed by atoms with Gasteiger partial charge in [-0.3, -0.25) is 0 Å². The van der Waals surface area contributed by atoms with E-state index in [0.29, 0.717) is 0 Å². The van der Waals surface area contributed by atoms with E-state index in [2.05, 4.69) is 11.9 Å². The zero-order chi connectivity index (χ0) is 10.7. The second kappa shape index (κ2) is 4.49. The van der Waals surface area contributed by atoms with Crippen LogP contribution in [0.3, 0.4) is 0 Å². The van der Waals surface area contributed by atoms with Crippen molar-refractivity contribution in [1.29, 1.82) is 0 Å². The van der Waals surface area contributed by atoms with Gasteiger partial charge in [0, 0.05) is 18.1 Å². The highest BCUT2D eigenvalue weighted by Crippen LogP contribution is 2.24. The van der Waals surface area contributed by atoms with Crippen molar-refractivity contribution in [2.24, 2.45) is 0 Å². The summed E-state index contributed by atoms with van der Waals surface area (Å²) >= 11 is 6.20. The molecule has 0 spiro atoms. The van der Waals surface area contributed by atoms with Crippen molar-refractivity contribution >= 4 is 11.6 Å². The molecular weight excluding hydrogens is 208 g/mol. The Balaban J connectivity index is 2.41. The minimum atomic E-state index is -0.0276. The van der Waals surface area contributed by atoms with Gasteiger partial charge in [-0.2, -0.15) is 0 Å². The quantitative estimate of drug-likeness (QED) is 0.724. The van der Waals surface area contributed by atoms with E-state index in [9.17, 15) is 0 Å². The van der Waals surface area contributed by atoms with Crippen molar-refractivity contribution in [1.82, 2.24) is 9.55 Å². The number of para-hydroxylation sites is 1. The molecule has 0 amide bonds. The molecule has 2 aromatic rings. The summed E-state index contributed by atoms with van der Waals surface area (Å²) in [6.07, 6.45) is 4.61. The largest absolute Gasteiger partial charge is 0.303 e. The van der Waals surface area contributed by atoms with Gasteiger partial charge in [0.05, 0.1) is 5.38 Å². The van der Waals surface area contributed by atoms with Crippen molar-refractivity contribution in [3.8, 4) is 5.69 Å². The summed E-state index contributed by atoms with van der Waals surface area (Å²) < 4.78 is 2.03. The van der Waals surface area contributed by atoms with Crippen LogP contribution in [0.5, 0.6) is 0 Å². The van der Waals surface area contributed by atoms with E-state index in [0.717, 1.165) is 17.9 Å². The van der Waals surface area contributed by atoms with Gasteiger partial charge in [-0.05, 0) is 18.6 Å². The number of hydrogen-bond donors (Lipinski definition) is 0. The molecule has 78 valence electrons. The first kappa shape index (κ1) is 10.2. The number of alkyl halides is 1. The number of rotatable bonds is 3. The number of hydrogen-bond acceptors (Lipinski definition) is 1. The van der Waals surface area contributed by atoms with Crippen molar-refractivity contribution in [2.45, 2.75) is 18.7 Å². The number of imidazole rings is 1. The second-order valence-electron chi connectivity index (χ2n) is 3.37. The Morgan fingerprint density at radius 2 is 2.07 bits per heavy atom. The fraction of sp³-hybridized carbons (Fsp3) is 0.250. The van der Waals surface area contributed by atoms with E-state index >= 15 is 0 Å². The second-order valence-corrected chi connectivity index (χ2v) is 3.89. The third-order valence-electron chi connectivity index (χ3n) is 2.34. The number of nitrogens with zero attached hydrogens (tertiary/aromatic N) is 2. The first-order valence-corrected chi connectivity index (χ1v) is 5.49. The van der Waals surface area contributed by atoms with Gasteiger partial charge < -0.3 is 4.57 Å². The molecule has 1 unspecified atom stereocenters. The molecule has 1 atom stereocenters. The molecule has 0 aliphatic heterocycles. The Labute approximate surface area is 94.5 Å². The lowest BCUT2D eigenvalue weighted by Gasteiger charge is -2.10. The molecule has 15 heavy (non-hydrogen) atoms. The van der Waals surface area contributed by atoms with Crippen LogP contribution in [0.15, 0.2) is 42.7 Å². The van der Waals surface area contributed by atoms with Crippen LogP contribution in [-0.4, -0.2) is 9.55 Å². The Bertz CT molecular complexity index is 422. The maximum atomic E-state index is 6.20. The molecule has 0 saturated carbocycles. The highest BCUT2D eigenvalue weighted by Gasteiger charge is 2.12. The highest BCUT2D eigenvalue weighted by molar-refractivity contribution is 6.20. The maximum absolute atomic E-state index is 6.20. The average Bonchev–Trinajstić information content (AvgIpc) is 2.78. The van der Waals surface area contributed by atoms with E-state index in [4.69, 9.17) is 11.6 Å². The molecule has 0 aliphatic carbocycles. The van der Waals surface area contributed by atoms with E-state index in [1.165, 1.54) is 0 Å². The summed E-state index contributed by atoms with van der Waals surface area (Å²) in [5.41, 5.74) is 1.10. The fourth-order valence-electron chi connectivity index (χ4n) is 1.54. The predicted molar refractivity (Wildman–Crippen MR) is 62.4 cm³/mol. The summed E-state index contributed by atoms with van der Waals surface area (Å²) in [7, 11) is 0. The molecule has 0 bridgehead atoms. The van der Waals surface area contributed by atoms with E-state index in [-0.39, 0.29) is 5.38 Å². The highest BCUT2D eigenvalue weighted by atomic mass is 35.5. The zero-order valence-corrected chi connectivity index (χ0v) is 9.35. The van der Waals surface area contributed by atoms with Crippen molar-refractivity contribution < 1.29 is 0 Å². The molecule has 1 aromatic carbocycles. The molecule has 1 aromatic heterocycles. The van der Waals surface area contributed by atoms with Crippen LogP contribution in [0.1, 0.15) is 24.5 Å². The minimum absolute atomic E-state index is 0.0276. The summed E-state index contributed by atoms with van der Waals surface area (Å²) in [4.78, 5) is 4.29. The molecule has 0 radical (unpaired) electrons. The molecule has 2 nitrogen and oxygen atoms in total. The normalized spacial score (nSPS) is 12.7. The number of benzene rings is 1. The van der Waals surface area contributed by atoms with Crippen molar-refractivity contribution in [2.75, 3.05) is 0 Å². The van der Waals surface area contributed by atoms with Crippen LogP contribution >= 0.6 is 11.6 Å². The topological polar surface area (TPSA) is 17.8 Å². The van der Waals surface area contributed by atoms with Gasteiger partial charge >= 0.3 is 0 Å². The lowest BCUT2D eigenvalue weighted by atomic mass is 10.3. The van der Waals surface area contributed by atoms with Gasteiger partial charge in [-0.15, -0.1) is 11.6 Å². The van der Waals surface area contributed by atoms with Gasteiger partial charge in [-0.25, -0.2) is 4.98 Å². The summed E-state index contributed by atoms with van der Waals surface area (Å²) in [5.74, 6) is 0.908. The molecule has 3 heteroatoms. The lowest BCUT2D eigenvalue weighted by Crippen LogP contribution is -2.02. The van der Waals surface area contributed by atoms with Gasteiger partial charge in [0.25, 0.3) is 0 Å². The van der Waals surface area contributed by atoms with Crippen LogP contribution in [-0.2, 0) is 0 Å². The fourth-order valence-corrected chi connectivity index (χ4v) is 1.70. The summed E-state index contributed by atoms with van der Waals surface area (Å²) in [6.45, 7) is 2.06. The first-order chi connectivity index (χ1) is 7.33. The third-order valence-corrected chi connectivity index (χ3v) is 2.85. The lowest BCUT2D eigenvalue weighted by molar-refractivity contribution is 0.781. The Morgan fingerprint density at radius 3 is 2.73 bits per heavy atom. The standard InChI is InChI=1S/C12H13ClN2/c1-2-11(13)12-14-8-9-15(12)10-6-4-3-5-7-10/h3-9,11H,2H2,1H3. The molecule has 0 aliphatic rings.